The van der Waals surface area contributed by atoms with E-state index in [1.54, 1.807) is 0 Å². The molecule has 2 saturated heterocycles. The van der Waals surface area contributed by atoms with Crippen LogP contribution in [0.4, 0.5) is 0 Å². The SMILES string of the molecule is CCNC(=NCC1(c2ccccc2)CCOCC1)NCCN1CCCCC1.I. The number of ether oxygens (including phenoxy) is 1. The van der Waals surface area contributed by atoms with E-state index in [1.165, 1.54) is 37.9 Å². The third kappa shape index (κ3) is 6.88. The molecule has 2 aliphatic rings. The molecule has 5 nitrogen and oxygen atoms in total. The Bertz CT molecular complexity index is 569. The molecule has 0 unspecified atom stereocenters. The molecule has 1 aromatic rings. The van der Waals surface area contributed by atoms with Crippen LogP contribution in [-0.4, -0.2) is 63.3 Å². The van der Waals surface area contributed by atoms with E-state index in [9.17, 15) is 0 Å². The molecule has 28 heavy (non-hydrogen) atoms. The number of halogens is 1. The molecule has 0 spiro atoms. The highest BCUT2D eigenvalue weighted by Crippen LogP contribution is 2.35. The lowest BCUT2D eigenvalue weighted by Gasteiger charge is -2.36. The first-order valence-electron chi connectivity index (χ1n) is 10.7. The van der Waals surface area contributed by atoms with Crippen molar-refractivity contribution in [3.8, 4) is 0 Å². The highest BCUT2D eigenvalue weighted by atomic mass is 127. The second-order valence-corrected chi connectivity index (χ2v) is 7.78. The number of hydrogen-bond acceptors (Lipinski definition) is 3. The molecule has 158 valence electrons. The minimum Gasteiger partial charge on any atom is -0.381 e. The fraction of sp³-hybridized carbons (Fsp3) is 0.682. The fourth-order valence-corrected chi connectivity index (χ4v) is 4.18. The number of piperidine rings is 1. The molecule has 0 aliphatic carbocycles. The van der Waals surface area contributed by atoms with Gasteiger partial charge in [0.15, 0.2) is 5.96 Å². The largest absolute Gasteiger partial charge is 0.381 e. The molecular weight excluding hydrogens is 463 g/mol. The van der Waals surface area contributed by atoms with Crippen LogP contribution in [0.25, 0.3) is 0 Å². The van der Waals surface area contributed by atoms with Gasteiger partial charge < -0.3 is 20.3 Å². The number of hydrogen-bond donors (Lipinski definition) is 2. The number of benzene rings is 1. The smallest absolute Gasteiger partial charge is 0.191 e. The Morgan fingerprint density at radius 2 is 1.79 bits per heavy atom. The van der Waals surface area contributed by atoms with Gasteiger partial charge in [0.05, 0.1) is 6.54 Å². The number of guanidine groups is 1. The van der Waals surface area contributed by atoms with E-state index in [2.05, 4.69) is 52.8 Å². The summed E-state index contributed by atoms with van der Waals surface area (Å²) in [6.07, 6.45) is 6.15. The van der Waals surface area contributed by atoms with Crippen LogP contribution in [0.3, 0.4) is 0 Å². The number of aliphatic imine (C=N–C) groups is 1. The summed E-state index contributed by atoms with van der Waals surface area (Å²) in [4.78, 5) is 7.55. The Balaban J connectivity index is 0.00000280. The molecule has 2 N–H and O–H groups in total. The van der Waals surface area contributed by atoms with E-state index in [0.29, 0.717) is 0 Å². The summed E-state index contributed by atoms with van der Waals surface area (Å²) in [6, 6.07) is 10.9. The van der Waals surface area contributed by atoms with Crippen molar-refractivity contribution in [1.82, 2.24) is 15.5 Å². The molecule has 0 amide bonds. The standard InChI is InChI=1S/C22H36N4O.HI/c1-2-23-21(24-13-16-26-14-7-4-8-15-26)25-19-22(11-17-27-18-12-22)20-9-5-3-6-10-20;/h3,5-6,9-10H,2,4,7-8,11-19H2,1H3,(H2,23,24,25);1H. The Hall–Kier alpha value is -0.860. The van der Waals surface area contributed by atoms with Gasteiger partial charge in [-0.1, -0.05) is 36.8 Å². The first-order chi connectivity index (χ1) is 13.3. The van der Waals surface area contributed by atoms with Crippen LogP contribution in [0.5, 0.6) is 0 Å². The van der Waals surface area contributed by atoms with Gasteiger partial charge in [0.25, 0.3) is 0 Å². The maximum Gasteiger partial charge on any atom is 0.191 e. The summed E-state index contributed by atoms with van der Waals surface area (Å²) in [7, 11) is 0. The Labute approximate surface area is 187 Å². The highest BCUT2D eigenvalue weighted by molar-refractivity contribution is 14.0. The van der Waals surface area contributed by atoms with Gasteiger partial charge in [0, 0.05) is 38.3 Å². The fourth-order valence-electron chi connectivity index (χ4n) is 4.18. The van der Waals surface area contributed by atoms with Crippen LogP contribution in [0.1, 0.15) is 44.6 Å². The summed E-state index contributed by atoms with van der Waals surface area (Å²) in [5, 5.41) is 6.96. The molecule has 2 heterocycles. The molecule has 0 aromatic heterocycles. The van der Waals surface area contributed by atoms with Gasteiger partial charge >= 0.3 is 0 Å². The number of nitrogens with one attached hydrogen (secondary N) is 2. The van der Waals surface area contributed by atoms with Crippen LogP contribution >= 0.6 is 24.0 Å². The van der Waals surface area contributed by atoms with Gasteiger partial charge in [0.2, 0.25) is 0 Å². The summed E-state index contributed by atoms with van der Waals surface area (Å²) in [5.41, 5.74) is 1.48. The van der Waals surface area contributed by atoms with E-state index >= 15 is 0 Å². The van der Waals surface area contributed by atoms with E-state index in [-0.39, 0.29) is 29.4 Å². The van der Waals surface area contributed by atoms with Crippen LogP contribution in [0.15, 0.2) is 35.3 Å². The van der Waals surface area contributed by atoms with E-state index < -0.39 is 0 Å². The summed E-state index contributed by atoms with van der Waals surface area (Å²) in [6.45, 7) is 10.0. The van der Waals surface area contributed by atoms with E-state index in [0.717, 1.165) is 58.2 Å². The van der Waals surface area contributed by atoms with Crippen molar-refractivity contribution in [3.05, 3.63) is 35.9 Å². The second kappa shape index (κ2) is 12.6. The predicted molar refractivity (Wildman–Crippen MR) is 128 cm³/mol. The molecule has 1 aromatic carbocycles. The van der Waals surface area contributed by atoms with Gasteiger partial charge in [-0.25, -0.2) is 0 Å². The van der Waals surface area contributed by atoms with Crippen molar-refractivity contribution in [2.45, 2.75) is 44.4 Å². The molecule has 0 saturated carbocycles. The van der Waals surface area contributed by atoms with Crippen molar-refractivity contribution in [2.24, 2.45) is 4.99 Å². The van der Waals surface area contributed by atoms with Crippen LogP contribution in [0, 0.1) is 0 Å². The molecule has 0 atom stereocenters. The summed E-state index contributed by atoms with van der Waals surface area (Å²) < 4.78 is 5.65. The van der Waals surface area contributed by atoms with Crippen LogP contribution < -0.4 is 10.6 Å². The van der Waals surface area contributed by atoms with Gasteiger partial charge in [-0.2, -0.15) is 0 Å². The lowest BCUT2D eigenvalue weighted by molar-refractivity contribution is 0.0531. The first kappa shape index (κ1) is 23.4. The Morgan fingerprint density at radius 1 is 1.07 bits per heavy atom. The number of rotatable bonds is 7. The minimum atomic E-state index is 0. The van der Waals surface area contributed by atoms with E-state index in [1.807, 2.05) is 0 Å². The molecular formula is C22H37IN4O. The average Bonchev–Trinajstić information content (AvgIpc) is 2.74. The Kier molecular flexibility index (Phi) is 10.6. The van der Waals surface area contributed by atoms with Crippen molar-refractivity contribution in [2.75, 3.05) is 52.5 Å². The quantitative estimate of drug-likeness (QED) is 0.343. The summed E-state index contributed by atoms with van der Waals surface area (Å²) >= 11 is 0. The zero-order valence-corrected chi connectivity index (χ0v) is 19.6. The molecule has 2 fully saturated rings. The maximum absolute atomic E-state index is 5.65. The van der Waals surface area contributed by atoms with Crippen molar-refractivity contribution >= 4 is 29.9 Å². The molecule has 0 radical (unpaired) electrons. The summed E-state index contributed by atoms with van der Waals surface area (Å²) in [5.74, 6) is 0.941. The van der Waals surface area contributed by atoms with Gasteiger partial charge in [0.1, 0.15) is 0 Å². The minimum absolute atomic E-state index is 0. The zero-order valence-electron chi connectivity index (χ0n) is 17.3. The monoisotopic (exact) mass is 500 g/mol. The number of nitrogens with zero attached hydrogens (tertiary/aromatic N) is 2. The lowest BCUT2D eigenvalue weighted by atomic mass is 9.74. The highest BCUT2D eigenvalue weighted by Gasteiger charge is 2.34. The average molecular weight is 500 g/mol. The topological polar surface area (TPSA) is 48.9 Å². The first-order valence-corrected chi connectivity index (χ1v) is 10.7. The van der Waals surface area contributed by atoms with E-state index in [4.69, 9.17) is 9.73 Å². The second-order valence-electron chi connectivity index (χ2n) is 7.78. The molecule has 0 bridgehead atoms. The molecule has 6 heteroatoms. The maximum atomic E-state index is 5.65. The van der Waals surface area contributed by atoms with Crippen LogP contribution in [-0.2, 0) is 10.2 Å². The third-order valence-electron chi connectivity index (χ3n) is 5.89. The van der Waals surface area contributed by atoms with Crippen molar-refractivity contribution in [3.63, 3.8) is 0 Å². The zero-order chi connectivity index (χ0) is 18.8. The molecule has 2 aliphatic heterocycles. The normalized spacial score (nSPS) is 20.2. The third-order valence-corrected chi connectivity index (χ3v) is 5.89. The van der Waals surface area contributed by atoms with Crippen LogP contribution in [0.2, 0.25) is 0 Å². The molecule has 3 rings (SSSR count). The lowest BCUT2D eigenvalue weighted by Crippen LogP contribution is -2.44. The van der Waals surface area contributed by atoms with Crippen molar-refractivity contribution < 1.29 is 4.74 Å². The van der Waals surface area contributed by atoms with Crippen molar-refractivity contribution in [1.29, 1.82) is 0 Å². The predicted octanol–water partition coefficient (Wildman–Crippen LogP) is 3.39. The van der Waals surface area contributed by atoms with Gasteiger partial charge in [-0.05, 0) is 51.3 Å². The number of likely N-dealkylation sites (tertiary alicyclic amines) is 1. The van der Waals surface area contributed by atoms with Gasteiger partial charge in [-0.15, -0.1) is 24.0 Å². The van der Waals surface area contributed by atoms with Gasteiger partial charge in [-0.3, -0.25) is 4.99 Å². The Morgan fingerprint density at radius 3 is 2.46 bits per heavy atom.